The number of rotatable bonds is 4. The molecule has 1 aliphatic heterocycles. The molecule has 3 heteroatoms. The molecule has 20 heavy (non-hydrogen) atoms. The van der Waals surface area contributed by atoms with E-state index >= 15 is 0 Å². The molecule has 4 rings (SSSR count). The lowest BCUT2D eigenvalue weighted by Gasteiger charge is -2.28. The summed E-state index contributed by atoms with van der Waals surface area (Å²) in [4.78, 5) is 14.9. The van der Waals surface area contributed by atoms with Gasteiger partial charge in [0.05, 0.1) is 0 Å². The van der Waals surface area contributed by atoms with Crippen molar-refractivity contribution in [3.63, 3.8) is 0 Å². The molecule has 3 nitrogen and oxygen atoms in total. The molecule has 0 radical (unpaired) electrons. The van der Waals surface area contributed by atoms with Crippen molar-refractivity contribution in [2.45, 2.75) is 50.7 Å². The van der Waals surface area contributed by atoms with E-state index in [2.05, 4.69) is 41.4 Å². The van der Waals surface area contributed by atoms with E-state index in [0.717, 1.165) is 19.4 Å². The van der Waals surface area contributed by atoms with Crippen molar-refractivity contribution in [3.8, 4) is 0 Å². The SMILES string of the molecule is CCC1(CN2C(=O)C3(CC3)NC2c2ccccc2)CC1. The van der Waals surface area contributed by atoms with Crippen molar-refractivity contribution >= 4 is 5.91 Å². The van der Waals surface area contributed by atoms with E-state index in [4.69, 9.17) is 0 Å². The molecule has 3 fully saturated rings. The molecule has 1 unspecified atom stereocenters. The van der Waals surface area contributed by atoms with Gasteiger partial charge in [-0.05, 0) is 43.1 Å². The Labute approximate surface area is 120 Å². The molecule has 1 atom stereocenters. The van der Waals surface area contributed by atoms with Crippen LogP contribution in [-0.2, 0) is 4.79 Å². The summed E-state index contributed by atoms with van der Waals surface area (Å²) in [5, 5.41) is 3.61. The molecule has 106 valence electrons. The topological polar surface area (TPSA) is 32.3 Å². The molecule has 0 bridgehead atoms. The highest BCUT2D eigenvalue weighted by Crippen LogP contribution is 2.53. The van der Waals surface area contributed by atoms with Crippen LogP contribution in [0.4, 0.5) is 0 Å². The fraction of sp³-hybridized carbons (Fsp3) is 0.588. The Morgan fingerprint density at radius 3 is 2.45 bits per heavy atom. The maximum atomic E-state index is 12.8. The Hall–Kier alpha value is -1.35. The van der Waals surface area contributed by atoms with E-state index in [1.54, 1.807) is 0 Å². The molecule has 1 spiro atoms. The predicted molar refractivity (Wildman–Crippen MR) is 78.0 cm³/mol. The molecule has 0 aromatic heterocycles. The van der Waals surface area contributed by atoms with Gasteiger partial charge >= 0.3 is 0 Å². The molecule has 3 aliphatic rings. The molecular weight excluding hydrogens is 248 g/mol. The molecule has 2 aliphatic carbocycles. The summed E-state index contributed by atoms with van der Waals surface area (Å²) < 4.78 is 0. The summed E-state index contributed by atoms with van der Waals surface area (Å²) in [7, 11) is 0. The van der Waals surface area contributed by atoms with Gasteiger partial charge in [-0.25, -0.2) is 0 Å². The number of carbonyl (C=O) groups is 1. The lowest BCUT2D eigenvalue weighted by molar-refractivity contribution is -0.131. The summed E-state index contributed by atoms with van der Waals surface area (Å²) in [5.74, 6) is 0.339. The zero-order valence-corrected chi connectivity index (χ0v) is 12.1. The lowest BCUT2D eigenvalue weighted by Crippen LogP contribution is -2.36. The van der Waals surface area contributed by atoms with Crippen LogP contribution in [0.25, 0.3) is 0 Å². The molecule has 1 N–H and O–H groups in total. The Balaban J connectivity index is 1.64. The van der Waals surface area contributed by atoms with E-state index in [1.807, 2.05) is 6.07 Å². The summed E-state index contributed by atoms with van der Waals surface area (Å²) in [6.07, 6.45) is 5.83. The largest absolute Gasteiger partial charge is 0.321 e. The third-order valence-corrected chi connectivity index (χ3v) is 5.47. The van der Waals surface area contributed by atoms with E-state index in [1.165, 1.54) is 24.8 Å². The molecule has 1 aromatic rings. The van der Waals surface area contributed by atoms with Crippen LogP contribution in [0.3, 0.4) is 0 Å². The molecule has 1 amide bonds. The molecule has 2 saturated carbocycles. The van der Waals surface area contributed by atoms with E-state index in [-0.39, 0.29) is 11.7 Å². The first-order valence-corrected chi connectivity index (χ1v) is 7.82. The van der Waals surface area contributed by atoms with Crippen LogP contribution in [0, 0.1) is 5.41 Å². The van der Waals surface area contributed by atoms with Crippen molar-refractivity contribution in [1.82, 2.24) is 10.2 Å². The maximum Gasteiger partial charge on any atom is 0.244 e. The Morgan fingerprint density at radius 2 is 1.90 bits per heavy atom. The van der Waals surface area contributed by atoms with Gasteiger partial charge in [-0.1, -0.05) is 37.3 Å². The summed E-state index contributed by atoms with van der Waals surface area (Å²) in [6.45, 7) is 3.18. The highest BCUT2D eigenvalue weighted by atomic mass is 16.2. The van der Waals surface area contributed by atoms with Crippen LogP contribution in [0.5, 0.6) is 0 Å². The summed E-state index contributed by atoms with van der Waals surface area (Å²) >= 11 is 0. The first-order chi connectivity index (χ1) is 9.68. The monoisotopic (exact) mass is 270 g/mol. The zero-order chi connectivity index (χ0) is 13.8. The van der Waals surface area contributed by atoms with E-state index < -0.39 is 0 Å². The maximum absolute atomic E-state index is 12.8. The molecule has 1 aromatic carbocycles. The number of hydrogen-bond acceptors (Lipinski definition) is 2. The number of benzene rings is 1. The quantitative estimate of drug-likeness (QED) is 0.912. The minimum atomic E-state index is -0.218. The van der Waals surface area contributed by atoms with Gasteiger partial charge in [0.25, 0.3) is 0 Å². The second-order valence-corrected chi connectivity index (χ2v) is 6.83. The van der Waals surface area contributed by atoms with Crippen LogP contribution in [-0.4, -0.2) is 22.9 Å². The highest BCUT2D eigenvalue weighted by Gasteiger charge is 2.60. The van der Waals surface area contributed by atoms with E-state index in [9.17, 15) is 4.79 Å². The third-order valence-electron chi connectivity index (χ3n) is 5.47. The second kappa shape index (κ2) is 4.08. The number of nitrogens with zero attached hydrogens (tertiary/aromatic N) is 1. The van der Waals surface area contributed by atoms with Crippen LogP contribution in [0.2, 0.25) is 0 Å². The van der Waals surface area contributed by atoms with E-state index in [0.29, 0.717) is 11.3 Å². The lowest BCUT2D eigenvalue weighted by atomic mass is 10.0. The first-order valence-electron chi connectivity index (χ1n) is 7.82. The van der Waals surface area contributed by atoms with Gasteiger partial charge in [-0.2, -0.15) is 0 Å². The molecule has 1 heterocycles. The summed E-state index contributed by atoms with van der Waals surface area (Å²) in [5.41, 5.74) is 1.41. The smallest absolute Gasteiger partial charge is 0.244 e. The highest BCUT2D eigenvalue weighted by molar-refractivity contribution is 5.92. The van der Waals surface area contributed by atoms with Crippen molar-refractivity contribution in [1.29, 1.82) is 0 Å². The standard InChI is InChI=1S/C17H22N2O/c1-2-16(8-9-16)12-19-14(13-6-4-3-5-7-13)18-17(10-11-17)15(19)20/h3-7,14,18H,2,8-12H2,1H3. The molecule has 1 saturated heterocycles. The van der Waals surface area contributed by atoms with Gasteiger partial charge in [-0.15, -0.1) is 0 Å². The number of amides is 1. The Bertz CT molecular complexity index is 531. The minimum absolute atomic E-state index is 0.0789. The van der Waals surface area contributed by atoms with Crippen molar-refractivity contribution in [3.05, 3.63) is 35.9 Å². The van der Waals surface area contributed by atoms with Crippen LogP contribution >= 0.6 is 0 Å². The molecular formula is C17H22N2O. The van der Waals surface area contributed by atoms with Gasteiger partial charge in [0.2, 0.25) is 5.91 Å². The van der Waals surface area contributed by atoms with Gasteiger partial charge in [0.1, 0.15) is 11.7 Å². The van der Waals surface area contributed by atoms with Crippen molar-refractivity contribution in [2.24, 2.45) is 5.41 Å². The van der Waals surface area contributed by atoms with Gasteiger partial charge in [-0.3, -0.25) is 10.1 Å². The van der Waals surface area contributed by atoms with Crippen molar-refractivity contribution in [2.75, 3.05) is 6.54 Å². The van der Waals surface area contributed by atoms with Gasteiger partial charge < -0.3 is 4.90 Å². The number of hydrogen-bond donors (Lipinski definition) is 1. The normalized spacial score (nSPS) is 28.9. The fourth-order valence-corrected chi connectivity index (χ4v) is 3.50. The summed E-state index contributed by atoms with van der Waals surface area (Å²) in [6, 6.07) is 10.4. The average molecular weight is 270 g/mol. The van der Waals surface area contributed by atoms with Crippen LogP contribution < -0.4 is 5.32 Å². The van der Waals surface area contributed by atoms with Crippen molar-refractivity contribution < 1.29 is 4.79 Å². The van der Waals surface area contributed by atoms with Crippen LogP contribution in [0.1, 0.15) is 50.8 Å². The minimum Gasteiger partial charge on any atom is -0.321 e. The first kappa shape index (κ1) is 12.4. The zero-order valence-electron chi connectivity index (χ0n) is 12.1. The third kappa shape index (κ3) is 1.80. The fourth-order valence-electron chi connectivity index (χ4n) is 3.50. The van der Waals surface area contributed by atoms with Gasteiger partial charge in [0, 0.05) is 6.54 Å². The van der Waals surface area contributed by atoms with Crippen LogP contribution in [0.15, 0.2) is 30.3 Å². The van der Waals surface area contributed by atoms with Gasteiger partial charge in [0.15, 0.2) is 0 Å². The number of nitrogens with one attached hydrogen (secondary N) is 1. The Kier molecular flexibility index (Phi) is 2.53. The second-order valence-electron chi connectivity index (χ2n) is 6.83. The average Bonchev–Trinajstić information content (AvgIpc) is 3.38. The Morgan fingerprint density at radius 1 is 1.20 bits per heavy atom. The number of carbonyl (C=O) groups excluding carboxylic acids is 1. The predicted octanol–water partition coefficient (Wildman–Crippen LogP) is 2.84.